The number of hydrogen-bond donors (Lipinski definition) is 4. The Kier molecular flexibility index (Phi) is 6.33. The van der Waals surface area contributed by atoms with Crippen LogP contribution in [0.1, 0.15) is 28.4 Å². The molecule has 4 N–H and O–H groups in total. The summed E-state index contributed by atoms with van der Waals surface area (Å²) in [6, 6.07) is 16.5. The van der Waals surface area contributed by atoms with Crippen molar-refractivity contribution in [3.05, 3.63) is 87.0 Å². The van der Waals surface area contributed by atoms with Gasteiger partial charge in [0.2, 0.25) is 0 Å². The van der Waals surface area contributed by atoms with E-state index in [-0.39, 0.29) is 41.3 Å². The number of amides is 1. The van der Waals surface area contributed by atoms with Crippen molar-refractivity contribution in [2.24, 2.45) is 4.99 Å². The summed E-state index contributed by atoms with van der Waals surface area (Å²) in [5.74, 6) is -0.220. The number of hydrogen-bond acceptors (Lipinski definition) is 8. The average Bonchev–Trinajstić information content (AvgIpc) is 3.31. The Morgan fingerprint density at radius 1 is 1.17 bits per heavy atom. The molecule has 0 spiro atoms. The largest absolute Gasteiger partial charge is 0.506 e. The SMILES string of the molecule is C[C@@H](CO)NC(=O)c1csc2c1SNC(c1c(O)c3ccccc3n(Cc3ccccc3)c1=O)=N2. The monoisotopic (exact) mass is 506 g/mol. The van der Waals surface area contributed by atoms with Gasteiger partial charge in [0.15, 0.2) is 5.84 Å². The minimum atomic E-state index is -0.378. The van der Waals surface area contributed by atoms with Crippen LogP contribution in [0.25, 0.3) is 10.9 Å². The highest BCUT2D eigenvalue weighted by Crippen LogP contribution is 2.41. The molecule has 1 aliphatic heterocycles. The van der Waals surface area contributed by atoms with E-state index in [1.165, 1.54) is 23.3 Å². The van der Waals surface area contributed by atoms with Gasteiger partial charge in [-0.15, -0.1) is 11.3 Å². The number of para-hydroxylation sites is 1. The quantitative estimate of drug-likeness (QED) is 0.297. The molecule has 0 aliphatic carbocycles. The lowest BCUT2D eigenvalue weighted by atomic mass is 10.1. The molecule has 2 aromatic heterocycles. The third kappa shape index (κ3) is 4.31. The maximum atomic E-state index is 13.7. The van der Waals surface area contributed by atoms with Crippen LogP contribution in [0.3, 0.4) is 0 Å². The lowest BCUT2D eigenvalue weighted by molar-refractivity contribution is 0.0920. The predicted octanol–water partition coefficient (Wildman–Crippen LogP) is 3.62. The molecule has 0 saturated heterocycles. The summed E-state index contributed by atoms with van der Waals surface area (Å²) < 4.78 is 4.68. The van der Waals surface area contributed by atoms with Crippen LogP contribution in [0, 0.1) is 0 Å². The van der Waals surface area contributed by atoms with Crippen LogP contribution in [0.15, 0.2) is 74.7 Å². The molecule has 178 valence electrons. The maximum absolute atomic E-state index is 13.7. The fourth-order valence-electron chi connectivity index (χ4n) is 3.87. The van der Waals surface area contributed by atoms with E-state index in [1.54, 1.807) is 22.9 Å². The number of aromatic hydroxyl groups is 1. The van der Waals surface area contributed by atoms with Crippen molar-refractivity contribution in [3.8, 4) is 5.75 Å². The summed E-state index contributed by atoms with van der Waals surface area (Å²) in [6.45, 7) is 1.88. The highest BCUT2D eigenvalue weighted by Gasteiger charge is 2.27. The standard InChI is InChI=1S/C25H22N4O4S2/c1-14(12-30)26-23(32)17-13-34-24-21(17)35-28-22(27-24)19-20(31)16-9-5-6-10-18(16)29(25(19)33)11-15-7-3-2-4-8-15/h2-10,13-14,30-31H,11-12H2,1H3,(H,26,32)(H,27,28)/t14-/m0/s1. The maximum Gasteiger partial charge on any atom is 0.266 e. The van der Waals surface area contributed by atoms with E-state index in [9.17, 15) is 19.8 Å². The van der Waals surface area contributed by atoms with Crippen LogP contribution in [0.2, 0.25) is 0 Å². The molecule has 0 bridgehead atoms. The van der Waals surface area contributed by atoms with Gasteiger partial charge in [0.25, 0.3) is 11.5 Å². The van der Waals surface area contributed by atoms with Gasteiger partial charge in [-0.05, 0) is 36.6 Å². The molecule has 5 rings (SSSR count). The average molecular weight is 507 g/mol. The van der Waals surface area contributed by atoms with Crippen LogP contribution < -0.4 is 15.6 Å². The predicted molar refractivity (Wildman–Crippen MR) is 139 cm³/mol. The first-order valence-corrected chi connectivity index (χ1v) is 12.6. The number of aliphatic hydroxyl groups excluding tert-OH is 1. The zero-order valence-corrected chi connectivity index (χ0v) is 20.3. The van der Waals surface area contributed by atoms with Gasteiger partial charge in [-0.3, -0.25) is 9.59 Å². The summed E-state index contributed by atoms with van der Waals surface area (Å²) in [7, 11) is 0. The molecule has 0 saturated carbocycles. The van der Waals surface area contributed by atoms with E-state index in [1.807, 2.05) is 48.5 Å². The number of carbonyl (C=O) groups excluding carboxylic acids is 1. The molecule has 0 radical (unpaired) electrons. The first kappa shape index (κ1) is 23.2. The second-order valence-corrected chi connectivity index (χ2v) is 9.80. The fraction of sp³-hybridized carbons (Fsp3) is 0.160. The number of aromatic nitrogens is 1. The molecular formula is C25H22N4O4S2. The van der Waals surface area contributed by atoms with Crippen molar-refractivity contribution in [1.29, 1.82) is 0 Å². The number of aliphatic imine (C=N–C) groups is 1. The van der Waals surface area contributed by atoms with Crippen molar-refractivity contribution < 1.29 is 15.0 Å². The van der Waals surface area contributed by atoms with Crippen LogP contribution in [-0.2, 0) is 6.54 Å². The molecule has 4 aromatic rings. The van der Waals surface area contributed by atoms with Gasteiger partial charge in [-0.2, -0.15) is 0 Å². The van der Waals surface area contributed by atoms with Crippen molar-refractivity contribution in [2.45, 2.75) is 24.4 Å². The third-order valence-corrected chi connectivity index (χ3v) is 7.57. The summed E-state index contributed by atoms with van der Waals surface area (Å²) in [4.78, 5) is 31.5. The van der Waals surface area contributed by atoms with Crippen LogP contribution in [-0.4, -0.2) is 39.2 Å². The Bertz CT molecular complexity index is 1510. The van der Waals surface area contributed by atoms with Gasteiger partial charge < -0.3 is 24.8 Å². The van der Waals surface area contributed by atoms with E-state index in [4.69, 9.17) is 0 Å². The highest BCUT2D eigenvalue weighted by atomic mass is 32.2. The number of benzene rings is 2. The summed E-state index contributed by atoms with van der Waals surface area (Å²) in [5.41, 5.74) is 1.73. The van der Waals surface area contributed by atoms with Gasteiger partial charge >= 0.3 is 0 Å². The number of nitrogens with one attached hydrogen (secondary N) is 2. The molecule has 0 fully saturated rings. The number of amidine groups is 1. The zero-order chi connectivity index (χ0) is 24.5. The van der Waals surface area contributed by atoms with E-state index in [0.29, 0.717) is 32.9 Å². The normalized spacial score (nSPS) is 13.6. The fourth-order valence-corrected chi connectivity index (χ4v) is 5.77. The summed E-state index contributed by atoms with van der Waals surface area (Å²) in [6.07, 6.45) is 0. The van der Waals surface area contributed by atoms with E-state index >= 15 is 0 Å². The molecule has 3 heterocycles. The Morgan fingerprint density at radius 2 is 1.91 bits per heavy atom. The number of nitrogens with zero attached hydrogens (tertiary/aromatic N) is 2. The van der Waals surface area contributed by atoms with E-state index in [2.05, 4.69) is 15.0 Å². The Labute approximate surface area is 209 Å². The topological polar surface area (TPSA) is 116 Å². The minimum absolute atomic E-state index is 0.0751. The smallest absolute Gasteiger partial charge is 0.266 e. The van der Waals surface area contributed by atoms with Gasteiger partial charge in [0, 0.05) is 16.8 Å². The van der Waals surface area contributed by atoms with Gasteiger partial charge in [-0.25, -0.2) is 4.99 Å². The number of aliphatic hydroxyl groups is 1. The third-order valence-electron chi connectivity index (χ3n) is 5.65. The lowest BCUT2D eigenvalue weighted by Crippen LogP contribution is -2.35. The molecule has 1 aliphatic rings. The van der Waals surface area contributed by atoms with E-state index in [0.717, 1.165) is 5.56 Å². The van der Waals surface area contributed by atoms with Crippen LogP contribution in [0.4, 0.5) is 5.00 Å². The van der Waals surface area contributed by atoms with Gasteiger partial charge in [0.1, 0.15) is 16.3 Å². The molecule has 1 amide bonds. The van der Waals surface area contributed by atoms with Crippen molar-refractivity contribution in [3.63, 3.8) is 0 Å². The van der Waals surface area contributed by atoms with Crippen molar-refractivity contribution >= 4 is 50.9 Å². The summed E-state index contributed by atoms with van der Waals surface area (Å²) >= 11 is 2.44. The minimum Gasteiger partial charge on any atom is -0.506 e. The van der Waals surface area contributed by atoms with Gasteiger partial charge in [-0.1, -0.05) is 42.5 Å². The van der Waals surface area contributed by atoms with Crippen LogP contribution in [0.5, 0.6) is 5.75 Å². The van der Waals surface area contributed by atoms with E-state index < -0.39 is 0 Å². The lowest BCUT2D eigenvalue weighted by Gasteiger charge is -2.19. The Morgan fingerprint density at radius 3 is 2.69 bits per heavy atom. The Balaban J connectivity index is 1.60. The number of thiophene rings is 1. The highest BCUT2D eigenvalue weighted by molar-refractivity contribution is 7.98. The second kappa shape index (κ2) is 9.57. The van der Waals surface area contributed by atoms with Crippen molar-refractivity contribution in [1.82, 2.24) is 14.6 Å². The number of fused-ring (bicyclic) bond motifs is 2. The van der Waals surface area contributed by atoms with Crippen molar-refractivity contribution in [2.75, 3.05) is 6.61 Å². The molecule has 1 atom stereocenters. The number of rotatable bonds is 6. The summed E-state index contributed by atoms with van der Waals surface area (Å²) in [5, 5.41) is 25.9. The van der Waals surface area contributed by atoms with Gasteiger partial charge in [0.05, 0.1) is 29.1 Å². The molecular weight excluding hydrogens is 484 g/mol. The molecule has 8 nitrogen and oxygen atoms in total. The first-order chi connectivity index (χ1) is 17.0. The zero-order valence-electron chi connectivity index (χ0n) is 18.7. The number of carbonyl (C=O) groups is 1. The van der Waals surface area contributed by atoms with Crippen LogP contribution >= 0.6 is 23.3 Å². The first-order valence-electron chi connectivity index (χ1n) is 10.9. The molecule has 35 heavy (non-hydrogen) atoms. The molecule has 2 aromatic carbocycles. The second-order valence-electron chi connectivity index (χ2n) is 8.12. The number of pyridine rings is 1. The Hall–Kier alpha value is -3.60. The molecule has 10 heteroatoms. The molecule has 0 unspecified atom stereocenters.